The molecular formula is C11H9BN2O2. The van der Waals surface area contributed by atoms with Crippen LogP contribution in [0.2, 0.25) is 0 Å². The molecule has 0 bridgehead atoms. The Morgan fingerprint density at radius 1 is 1.12 bits per heavy atom. The number of ether oxygens (including phenoxy) is 1. The van der Waals surface area contributed by atoms with Gasteiger partial charge in [0.15, 0.2) is 12.5 Å². The van der Waals surface area contributed by atoms with Gasteiger partial charge in [0.05, 0.1) is 0 Å². The number of hydrogen-bond acceptors (Lipinski definition) is 4. The van der Waals surface area contributed by atoms with Crippen LogP contribution in [0.25, 0.3) is 10.8 Å². The van der Waals surface area contributed by atoms with Gasteiger partial charge in [0.1, 0.15) is 5.69 Å². The third-order valence-electron chi connectivity index (χ3n) is 2.47. The highest BCUT2D eigenvalue weighted by molar-refractivity contribution is 6.24. The van der Waals surface area contributed by atoms with Crippen LogP contribution in [-0.2, 0) is 4.65 Å². The maximum absolute atomic E-state index is 5.57. The molecule has 0 atom stereocenters. The van der Waals surface area contributed by atoms with Gasteiger partial charge in [-0.25, -0.2) is 5.03 Å². The molecule has 0 spiro atoms. The molecule has 2 aromatic carbocycles. The molecule has 0 fully saturated rings. The fourth-order valence-electron chi connectivity index (χ4n) is 1.75. The molecule has 1 aliphatic heterocycles. The van der Waals surface area contributed by atoms with Gasteiger partial charge in [0, 0.05) is 5.39 Å². The summed E-state index contributed by atoms with van der Waals surface area (Å²) in [6.07, 6.45) is 0. The maximum atomic E-state index is 5.57. The molecule has 4 nitrogen and oxygen atoms in total. The van der Waals surface area contributed by atoms with E-state index in [1.54, 1.807) is 0 Å². The van der Waals surface area contributed by atoms with Crippen molar-refractivity contribution >= 4 is 24.1 Å². The first-order chi connectivity index (χ1) is 7.95. The second-order valence-corrected chi connectivity index (χ2v) is 3.47. The summed E-state index contributed by atoms with van der Waals surface area (Å²) >= 11 is 0. The van der Waals surface area contributed by atoms with Crippen LogP contribution >= 0.6 is 0 Å². The van der Waals surface area contributed by atoms with Gasteiger partial charge in [-0.05, 0) is 11.5 Å². The fraction of sp³-hybridized carbons (Fsp3) is 0.0909. The molecule has 0 N–H and O–H groups in total. The molecule has 1 heterocycles. The molecule has 16 heavy (non-hydrogen) atoms. The van der Waals surface area contributed by atoms with E-state index in [1.165, 1.54) is 0 Å². The Kier molecular flexibility index (Phi) is 2.31. The fourth-order valence-corrected chi connectivity index (χ4v) is 1.75. The van der Waals surface area contributed by atoms with Crippen LogP contribution in [0.5, 0.6) is 5.75 Å². The summed E-state index contributed by atoms with van der Waals surface area (Å²) < 4.78 is 10.7. The van der Waals surface area contributed by atoms with Gasteiger partial charge in [-0.1, -0.05) is 30.3 Å². The molecule has 78 valence electrons. The van der Waals surface area contributed by atoms with Crippen molar-refractivity contribution in [1.82, 2.24) is 0 Å². The monoisotopic (exact) mass is 212 g/mol. The molecule has 0 aliphatic carbocycles. The highest BCUT2D eigenvalue weighted by Gasteiger charge is 2.10. The molecule has 0 aromatic heterocycles. The van der Waals surface area contributed by atoms with E-state index in [4.69, 9.17) is 9.39 Å². The minimum Gasteiger partial charge on any atom is -0.466 e. The van der Waals surface area contributed by atoms with Crippen LogP contribution in [-0.4, -0.2) is 14.4 Å². The first-order valence-electron chi connectivity index (χ1n) is 5.05. The Morgan fingerprint density at radius 3 is 3.06 bits per heavy atom. The van der Waals surface area contributed by atoms with Crippen molar-refractivity contribution in [2.45, 2.75) is 0 Å². The highest BCUT2D eigenvalue weighted by atomic mass is 16.6. The molecule has 0 saturated carbocycles. The van der Waals surface area contributed by atoms with Gasteiger partial charge in [-0.2, -0.15) is 5.11 Å². The van der Waals surface area contributed by atoms with Crippen LogP contribution in [0, 0.1) is 0 Å². The predicted octanol–water partition coefficient (Wildman–Crippen LogP) is 2.56. The number of nitrogens with zero attached hydrogens (tertiary/aromatic N) is 2. The normalized spacial score (nSPS) is 14.5. The Hall–Kier alpha value is -1.88. The van der Waals surface area contributed by atoms with Gasteiger partial charge >= 0.3 is 7.62 Å². The third-order valence-corrected chi connectivity index (χ3v) is 2.47. The lowest BCUT2D eigenvalue weighted by Gasteiger charge is -2.13. The standard InChI is InChI=1S/C11H9BN2O2/c1-2-4-9-8(3-1)5-6-10-11(9)15-7-16-12-14-13-10/h1-6,12H,7H2. The Balaban J connectivity index is 2.27. The van der Waals surface area contributed by atoms with Gasteiger partial charge in [0.2, 0.25) is 0 Å². The summed E-state index contributed by atoms with van der Waals surface area (Å²) in [7, 11) is 0.242. The minimum atomic E-state index is 0.208. The van der Waals surface area contributed by atoms with Gasteiger partial charge in [-0.15, -0.1) is 0 Å². The quantitative estimate of drug-likeness (QED) is 0.629. The molecule has 3 rings (SSSR count). The molecule has 0 radical (unpaired) electrons. The van der Waals surface area contributed by atoms with E-state index >= 15 is 0 Å². The van der Waals surface area contributed by atoms with Gasteiger partial charge < -0.3 is 9.39 Å². The summed E-state index contributed by atoms with van der Waals surface area (Å²) in [6, 6.07) is 11.9. The average molecular weight is 212 g/mol. The molecule has 2 aromatic rings. The van der Waals surface area contributed by atoms with E-state index < -0.39 is 0 Å². The van der Waals surface area contributed by atoms with Gasteiger partial charge in [0.25, 0.3) is 0 Å². The zero-order valence-corrected chi connectivity index (χ0v) is 8.59. The number of rotatable bonds is 0. The first kappa shape index (κ1) is 9.36. The molecule has 5 heteroatoms. The van der Waals surface area contributed by atoms with Crippen molar-refractivity contribution in [2.75, 3.05) is 6.79 Å². The highest BCUT2D eigenvalue weighted by Crippen LogP contribution is 2.36. The Labute approximate surface area is 93.2 Å². The Morgan fingerprint density at radius 2 is 2.06 bits per heavy atom. The van der Waals surface area contributed by atoms with Crippen LogP contribution < -0.4 is 4.74 Å². The van der Waals surface area contributed by atoms with Crippen LogP contribution in [0.3, 0.4) is 0 Å². The summed E-state index contributed by atoms with van der Waals surface area (Å²) in [5.74, 6) is 0.738. The van der Waals surface area contributed by atoms with Crippen molar-refractivity contribution in [1.29, 1.82) is 0 Å². The summed E-state index contributed by atoms with van der Waals surface area (Å²) in [4.78, 5) is 0. The van der Waals surface area contributed by atoms with E-state index in [0.29, 0.717) is 0 Å². The summed E-state index contributed by atoms with van der Waals surface area (Å²) in [6.45, 7) is 0.208. The topological polar surface area (TPSA) is 43.2 Å². The molecule has 0 unspecified atom stereocenters. The smallest absolute Gasteiger partial charge is 0.442 e. The van der Waals surface area contributed by atoms with E-state index in [2.05, 4.69) is 10.1 Å². The SMILES string of the molecule is B1N=Nc2ccc3ccccc3c2OCO1. The molecule has 1 aliphatic rings. The van der Waals surface area contributed by atoms with Crippen LogP contribution in [0.4, 0.5) is 5.69 Å². The summed E-state index contributed by atoms with van der Waals surface area (Å²) in [5.41, 5.74) is 0.752. The summed E-state index contributed by atoms with van der Waals surface area (Å²) in [5, 5.41) is 10.1. The number of hydrogen-bond donors (Lipinski definition) is 0. The largest absolute Gasteiger partial charge is 0.466 e. The lowest BCUT2D eigenvalue weighted by Crippen LogP contribution is -2.07. The second-order valence-electron chi connectivity index (χ2n) is 3.47. The third kappa shape index (κ3) is 1.55. The van der Waals surface area contributed by atoms with E-state index in [-0.39, 0.29) is 14.4 Å². The van der Waals surface area contributed by atoms with Crippen LogP contribution in [0.1, 0.15) is 0 Å². The van der Waals surface area contributed by atoms with E-state index in [1.807, 2.05) is 36.4 Å². The van der Waals surface area contributed by atoms with Crippen LogP contribution in [0.15, 0.2) is 46.5 Å². The number of fused-ring (bicyclic) bond motifs is 3. The molecular weight excluding hydrogens is 203 g/mol. The zero-order valence-electron chi connectivity index (χ0n) is 8.59. The van der Waals surface area contributed by atoms with Crippen molar-refractivity contribution in [2.24, 2.45) is 10.1 Å². The lowest BCUT2D eigenvalue weighted by atomic mass is 10.1. The zero-order chi connectivity index (χ0) is 10.8. The molecule has 0 saturated heterocycles. The van der Waals surface area contributed by atoms with E-state index in [9.17, 15) is 0 Å². The average Bonchev–Trinajstić information content (AvgIpc) is 2.29. The molecule has 0 amide bonds. The van der Waals surface area contributed by atoms with Crippen molar-refractivity contribution in [3.63, 3.8) is 0 Å². The lowest BCUT2D eigenvalue weighted by molar-refractivity contribution is 0.125. The van der Waals surface area contributed by atoms with Gasteiger partial charge in [-0.3, -0.25) is 0 Å². The van der Waals surface area contributed by atoms with E-state index in [0.717, 1.165) is 22.2 Å². The first-order valence-corrected chi connectivity index (χ1v) is 5.05. The van der Waals surface area contributed by atoms with Crippen molar-refractivity contribution in [3.8, 4) is 5.75 Å². The second kappa shape index (κ2) is 3.94. The maximum Gasteiger partial charge on any atom is 0.442 e. The minimum absolute atomic E-state index is 0.208. The Bertz CT molecular complexity index is 557. The van der Waals surface area contributed by atoms with Crippen molar-refractivity contribution in [3.05, 3.63) is 36.4 Å². The van der Waals surface area contributed by atoms with Crippen molar-refractivity contribution < 1.29 is 9.39 Å². The predicted molar refractivity (Wildman–Crippen MR) is 62.2 cm³/mol. The number of benzene rings is 2.